The average molecular weight is 725 g/mol. The van der Waals surface area contributed by atoms with E-state index in [1.807, 2.05) is 27.2 Å². The fraction of sp³-hybridized carbons (Fsp3) is 0.780. The van der Waals surface area contributed by atoms with Gasteiger partial charge in [0.25, 0.3) is 7.82 Å². The van der Waals surface area contributed by atoms with Crippen molar-refractivity contribution in [2.24, 2.45) is 0 Å². The molecule has 0 aliphatic carbocycles. The van der Waals surface area contributed by atoms with Gasteiger partial charge in [0.1, 0.15) is 13.2 Å². The van der Waals surface area contributed by atoms with Crippen LogP contribution in [0.4, 0.5) is 0 Å². The van der Waals surface area contributed by atoms with Crippen LogP contribution in [-0.2, 0) is 18.4 Å². The minimum absolute atomic E-state index is 0.0121. The first-order chi connectivity index (χ1) is 24.0. The number of rotatable bonds is 35. The lowest BCUT2D eigenvalue weighted by molar-refractivity contribution is -0.870. The highest BCUT2D eigenvalue weighted by Gasteiger charge is 2.23. The lowest BCUT2D eigenvalue weighted by Crippen LogP contribution is -2.45. The number of allylic oxidation sites excluding steroid dienone is 7. The third kappa shape index (κ3) is 34.9. The molecule has 0 radical (unpaired) electrons. The molecule has 2 N–H and O–H groups in total. The largest absolute Gasteiger partial charge is 0.756 e. The van der Waals surface area contributed by atoms with Crippen LogP contribution in [0.5, 0.6) is 0 Å². The van der Waals surface area contributed by atoms with Gasteiger partial charge in [0.15, 0.2) is 0 Å². The summed E-state index contributed by atoms with van der Waals surface area (Å²) in [5.41, 5.74) is 0. The lowest BCUT2D eigenvalue weighted by atomic mass is 10.1. The van der Waals surface area contributed by atoms with Gasteiger partial charge in [0.2, 0.25) is 5.91 Å². The summed E-state index contributed by atoms with van der Waals surface area (Å²) in [4.78, 5) is 25.1. The molecule has 0 aliphatic heterocycles. The third-order valence-corrected chi connectivity index (χ3v) is 9.46. The van der Waals surface area contributed by atoms with Crippen LogP contribution in [0.15, 0.2) is 48.6 Å². The van der Waals surface area contributed by atoms with E-state index in [9.17, 15) is 19.4 Å². The van der Waals surface area contributed by atoms with E-state index >= 15 is 0 Å². The van der Waals surface area contributed by atoms with Crippen LogP contribution in [0.3, 0.4) is 0 Å². The number of hydrogen-bond donors (Lipinski definition) is 2. The fourth-order valence-electron chi connectivity index (χ4n) is 5.30. The molecule has 1 amide bonds. The summed E-state index contributed by atoms with van der Waals surface area (Å²) < 4.78 is 23.0. The average Bonchev–Trinajstić information content (AvgIpc) is 3.06. The first kappa shape index (κ1) is 48.5. The molecule has 3 unspecified atom stereocenters. The molecule has 0 fully saturated rings. The predicted molar refractivity (Wildman–Crippen MR) is 210 cm³/mol. The Kier molecular flexibility index (Phi) is 32.3. The van der Waals surface area contributed by atoms with Gasteiger partial charge in [0, 0.05) is 6.42 Å². The fourth-order valence-corrected chi connectivity index (χ4v) is 6.02. The molecule has 50 heavy (non-hydrogen) atoms. The van der Waals surface area contributed by atoms with Gasteiger partial charge in [-0.05, 0) is 64.2 Å². The maximum Gasteiger partial charge on any atom is 0.268 e. The molecule has 9 heteroatoms. The lowest BCUT2D eigenvalue weighted by Gasteiger charge is -2.29. The number of nitrogens with one attached hydrogen (secondary N) is 1. The van der Waals surface area contributed by atoms with Crippen LogP contribution in [-0.4, -0.2) is 68.5 Å². The quantitative estimate of drug-likeness (QED) is 0.0292. The van der Waals surface area contributed by atoms with Crippen molar-refractivity contribution >= 4 is 13.7 Å². The van der Waals surface area contributed by atoms with E-state index in [4.69, 9.17) is 9.05 Å². The van der Waals surface area contributed by atoms with Crippen LogP contribution < -0.4 is 10.2 Å². The SMILES string of the molecule is CC/C=C/CC/C=C/CC/C=C/C(O)C(COP(=O)([O-])OCC[N+](C)(C)C)NC(=O)CCCCCCC/C=C\CCCCCCCCCCC. The number of quaternary nitrogens is 1. The highest BCUT2D eigenvalue weighted by molar-refractivity contribution is 7.45. The number of unbranched alkanes of at least 4 members (excludes halogenated alkanes) is 16. The van der Waals surface area contributed by atoms with Gasteiger partial charge in [-0.15, -0.1) is 0 Å². The zero-order valence-electron chi connectivity index (χ0n) is 32.8. The minimum atomic E-state index is -4.59. The van der Waals surface area contributed by atoms with E-state index in [0.29, 0.717) is 17.4 Å². The Morgan fingerprint density at radius 3 is 1.72 bits per heavy atom. The number of phosphoric acid groups is 1. The molecular weight excluding hydrogens is 647 g/mol. The van der Waals surface area contributed by atoms with Crippen LogP contribution >= 0.6 is 7.82 Å². The van der Waals surface area contributed by atoms with Gasteiger partial charge >= 0.3 is 0 Å². The van der Waals surface area contributed by atoms with E-state index in [0.717, 1.165) is 70.6 Å². The summed E-state index contributed by atoms with van der Waals surface area (Å²) >= 11 is 0. The molecule has 292 valence electrons. The maximum atomic E-state index is 12.8. The number of aliphatic hydroxyl groups excluding tert-OH is 1. The second kappa shape index (κ2) is 33.3. The summed E-state index contributed by atoms with van der Waals surface area (Å²) in [6.07, 6.45) is 40.3. The molecule has 0 aliphatic rings. The molecule has 0 saturated heterocycles. The number of likely N-dealkylation sites (N-methyl/N-ethyl adjacent to an activating group) is 1. The Bertz CT molecular complexity index is 959. The number of amides is 1. The monoisotopic (exact) mass is 725 g/mol. The van der Waals surface area contributed by atoms with Crippen molar-refractivity contribution in [1.29, 1.82) is 0 Å². The Hall–Kier alpha value is -1.54. The van der Waals surface area contributed by atoms with E-state index in [1.165, 1.54) is 64.2 Å². The van der Waals surface area contributed by atoms with Crippen molar-refractivity contribution in [3.8, 4) is 0 Å². The minimum Gasteiger partial charge on any atom is -0.756 e. The molecule has 0 aromatic heterocycles. The molecule has 3 atom stereocenters. The number of nitrogens with zero attached hydrogens (tertiary/aromatic N) is 1. The molecule has 0 rings (SSSR count). The van der Waals surface area contributed by atoms with E-state index in [2.05, 4.69) is 55.6 Å². The summed E-state index contributed by atoms with van der Waals surface area (Å²) in [6.45, 7) is 4.46. The highest BCUT2D eigenvalue weighted by Crippen LogP contribution is 2.38. The van der Waals surface area contributed by atoms with E-state index in [-0.39, 0.29) is 12.5 Å². The van der Waals surface area contributed by atoms with Crippen molar-refractivity contribution in [2.45, 2.75) is 167 Å². The number of phosphoric ester groups is 1. The van der Waals surface area contributed by atoms with E-state index in [1.54, 1.807) is 6.08 Å². The molecular formula is C41H77N2O6P. The van der Waals surface area contributed by atoms with Gasteiger partial charge in [-0.1, -0.05) is 133 Å². The summed E-state index contributed by atoms with van der Waals surface area (Å²) in [5.74, 6) is -0.225. The summed E-state index contributed by atoms with van der Waals surface area (Å²) in [7, 11) is 1.22. The molecule has 8 nitrogen and oxygen atoms in total. The predicted octanol–water partition coefficient (Wildman–Crippen LogP) is 9.89. The van der Waals surface area contributed by atoms with Crippen molar-refractivity contribution in [1.82, 2.24) is 5.32 Å². The van der Waals surface area contributed by atoms with Crippen molar-refractivity contribution in [3.63, 3.8) is 0 Å². The van der Waals surface area contributed by atoms with E-state index < -0.39 is 26.6 Å². The molecule has 0 heterocycles. The van der Waals surface area contributed by atoms with Gasteiger partial charge in [-0.3, -0.25) is 9.36 Å². The molecule has 0 saturated carbocycles. The maximum absolute atomic E-state index is 12.8. The number of hydrogen-bond acceptors (Lipinski definition) is 6. The van der Waals surface area contributed by atoms with Crippen molar-refractivity contribution < 1.29 is 32.9 Å². The molecule has 0 bridgehead atoms. The molecule has 0 spiro atoms. The first-order valence-corrected chi connectivity index (χ1v) is 21.5. The van der Waals surface area contributed by atoms with Gasteiger partial charge in [-0.25, -0.2) is 0 Å². The standard InChI is InChI=1S/C41H77N2O6P/c1-6-8-10-12-14-16-18-19-20-21-22-23-24-25-27-29-31-33-35-41(45)42-39(38-49-50(46,47)48-37-36-43(3,4)5)40(44)34-32-30-28-26-17-15-13-11-9-7-2/h9,11,17,22-23,26,32,34,39-40,44H,6-8,10,12-16,18-21,24-25,27-31,33,35-38H2,1-5H3,(H-,42,45,46,47)/b11-9+,23-22-,26-17+,34-32+. The molecule has 0 aromatic carbocycles. The van der Waals surface area contributed by atoms with Crippen LogP contribution in [0.1, 0.15) is 155 Å². The topological polar surface area (TPSA) is 108 Å². The zero-order valence-corrected chi connectivity index (χ0v) is 33.7. The van der Waals surface area contributed by atoms with Crippen molar-refractivity contribution in [3.05, 3.63) is 48.6 Å². The van der Waals surface area contributed by atoms with Crippen LogP contribution in [0, 0.1) is 0 Å². The van der Waals surface area contributed by atoms with Crippen LogP contribution in [0.25, 0.3) is 0 Å². The van der Waals surface area contributed by atoms with Gasteiger partial charge in [0.05, 0.1) is 39.9 Å². The Morgan fingerprint density at radius 2 is 1.18 bits per heavy atom. The Labute approximate surface area is 308 Å². The number of aliphatic hydroxyl groups is 1. The van der Waals surface area contributed by atoms with Crippen LogP contribution in [0.2, 0.25) is 0 Å². The normalized spacial score (nSPS) is 15.1. The van der Waals surface area contributed by atoms with Gasteiger partial charge < -0.3 is 28.8 Å². The number of carbonyl (C=O) groups is 1. The summed E-state index contributed by atoms with van der Waals surface area (Å²) in [6, 6.07) is -0.911. The Balaban J connectivity index is 4.46. The smallest absolute Gasteiger partial charge is 0.268 e. The third-order valence-electron chi connectivity index (χ3n) is 8.50. The second-order valence-corrected chi connectivity index (χ2v) is 16.0. The number of carbonyl (C=O) groups excluding carboxylic acids is 1. The first-order valence-electron chi connectivity index (χ1n) is 20.0. The Morgan fingerprint density at radius 1 is 0.700 bits per heavy atom. The highest BCUT2D eigenvalue weighted by atomic mass is 31.2. The second-order valence-electron chi connectivity index (χ2n) is 14.6. The zero-order chi connectivity index (χ0) is 37.2. The van der Waals surface area contributed by atoms with Gasteiger partial charge in [-0.2, -0.15) is 0 Å². The van der Waals surface area contributed by atoms with Crippen molar-refractivity contribution in [2.75, 3.05) is 40.9 Å². The molecule has 0 aromatic rings. The summed E-state index contributed by atoms with van der Waals surface area (Å²) in [5, 5.41) is 13.6.